The topological polar surface area (TPSA) is 26.3 Å². The van der Waals surface area contributed by atoms with Gasteiger partial charge in [0, 0.05) is 0 Å². The number of rotatable bonds is 6. The van der Waals surface area contributed by atoms with Gasteiger partial charge in [-0.3, -0.25) is 4.79 Å². The highest BCUT2D eigenvalue weighted by Crippen LogP contribution is 2.19. The van der Waals surface area contributed by atoms with Crippen molar-refractivity contribution in [3.63, 3.8) is 0 Å². The Morgan fingerprint density at radius 2 is 1.67 bits per heavy atom. The lowest BCUT2D eigenvalue weighted by atomic mass is 9.97. The zero-order valence-corrected chi connectivity index (χ0v) is 13.7. The number of benzene rings is 2. The molecule has 0 spiro atoms. The molecule has 2 rings (SSSR count). The van der Waals surface area contributed by atoms with E-state index in [4.69, 9.17) is 4.74 Å². The third kappa shape index (κ3) is 4.71. The van der Waals surface area contributed by atoms with Crippen molar-refractivity contribution in [3.05, 3.63) is 71.3 Å². The van der Waals surface area contributed by atoms with E-state index in [1.54, 1.807) is 0 Å². The maximum atomic E-state index is 11.7. The molecular weight excluding hydrogens is 328 g/mol. The zero-order chi connectivity index (χ0) is 15.1. The average Bonchev–Trinajstić information content (AvgIpc) is 2.50. The maximum Gasteiger partial charge on any atom is 0.320 e. The molecule has 0 aliphatic heterocycles. The molecule has 0 aliphatic rings. The van der Waals surface area contributed by atoms with Crippen molar-refractivity contribution in [2.24, 2.45) is 0 Å². The van der Waals surface area contributed by atoms with Gasteiger partial charge in [-0.1, -0.05) is 70.5 Å². The molecule has 2 nitrogen and oxygen atoms in total. The van der Waals surface area contributed by atoms with Gasteiger partial charge in [0.15, 0.2) is 0 Å². The normalized spacial score (nSPS) is 11.9. The number of esters is 1. The Balaban J connectivity index is 2.12. The van der Waals surface area contributed by atoms with Gasteiger partial charge in [0.05, 0.1) is 6.61 Å². The maximum absolute atomic E-state index is 11.7. The van der Waals surface area contributed by atoms with E-state index in [0.717, 1.165) is 6.42 Å². The van der Waals surface area contributed by atoms with E-state index < -0.39 is 0 Å². The number of carbonyl (C=O) groups is 1. The predicted molar refractivity (Wildman–Crippen MR) is 88.7 cm³/mol. The molecule has 110 valence electrons. The molecular formula is C18H19BrO2. The van der Waals surface area contributed by atoms with Crippen LogP contribution in [0.15, 0.2) is 54.6 Å². The van der Waals surface area contributed by atoms with Crippen LogP contribution in [0.3, 0.4) is 0 Å². The summed E-state index contributed by atoms with van der Waals surface area (Å²) < 4.78 is 5.05. The van der Waals surface area contributed by atoms with E-state index in [1.807, 2.05) is 37.3 Å². The Kier molecular flexibility index (Phi) is 6.00. The van der Waals surface area contributed by atoms with Crippen LogP contribution in [-0.4, -0.2) is 17.4 Å². The van der Waals surface area contributed by atoms with Gasteiger partial charge >= 0.3 is 5.97 Å². The fraction of sp³-hybridized carbons (Fsp3) is 0.278. The number of hydrogen-bond acceptors (Lipinski definition) is 2. The molecule has 0 saturated heterocycles. The molecule has 2 aromatic carbocycles. The van der Waals surface area contributed by atoms with Crippen molar-refractivity contribution < 1.29 is 9.53 Å². The van der Waals surface area contributed by atoms with E-state index in [-0.39, 0.29) is 10.8 Å². The molecule has 0 radical (unpaired) electrons. The molecule has 0 heterocycles. The summed E-state index contributed by atoms with van der Waals surface area (Å²) in [5.41, 5.74) is 3.70. The lowest BCUT2D eigenvalue weighted by Crippen LogP contribution is -2.20. The molecule has 1 atom stereocenters. The molecule has 1 unspecified atom stereocenters. The summed E-state index contributed by atoms with van der Waals surface area (Å²) in [6.07, 6.45) is 1.52. The minimum Gasteiger partial charge on any atom is -0.465 e. The SMILES string of the molecule is CCOC(=O)C(Br)Cc1ccccc1Cc1ccccc1. The zero-order valence-electron chi connectivity index (χ0n) is 12.1. The second-order valence-electron chi connectivity index (χ2n) is 4.85. The summed E-state index contributed by atoms with van der Waals surface area (Å²) in [4.78, 5) is 11.5. The van der Waals surface area contributed by atoms with Gasteiger partial charge in [-0.2, -0.15) is 0 Å². The van der Waals surface area contributed by atoms with Crippen LogP contribution in [-0.2, 0) is 22.4 Å². The third-order valence-electron chi connectivity index (χ3n) is 3.30. The molecule has 0 saturated carbocycles. The van der Waals surface area contributed by atoms with E-state index in [1.165, 1.54) is 16.7 Å². The van der Waals surface area contributed by atoms with E-state index in [0.29, 0.717) is 13.0 Å². The van der Waals surface area contributed by atoms with Gasteiger partial charge in [-0.05, 0) is 36.5 Å². The molecule has 0 aliphatic carbocycles. The monoisotopic (exact) mass is 346 g/mol. The molecule has 2 aromatic rings. The quantitative estimate of drug-likeness (QED) is 0.580. The van der Waals surface area contributed by atoms with Crippen molar-refractivity contribution in [1.82, 2.24) is 0 Å². The van der Waals surface area contributed by atoms with Crippen LogP contribution in [0.4, 0.5) is 0 Å². The highest BCUT2D eigenvalue weighted by Gasteiger charge is 2.17. The van der Waals surface area contributed by atoms with E-state index in [9.17, 15) is 4.79 Å². The fourth-order valence-corrected chi connectivity index (χ4v) is 2.73. The van der Waals surface area contributed by atoms with Crippen LogP contribution in [0, 0.1) is 0 Å². The molecule has 0 N–H and O–H groups in total. The minimum atomic E-state index is -0.297. The first-order chi connectivity index (χ1) is 10.2. The first kappa shape index (κ1) is 15.8. The van der Waals surface area contributed by atoms with Crippen molar-refractivity contribution in [2.45, 2.75) is 24.6 Å². The summed E-state index contributed by atoms with van der Waals surface area (Å²) in [6.45, 7) is 2.23. The van der Waals surface area contributed by atoms with Gasteiger partial charge in [-0.25, -0.2) is 0 Å². The van der Waals surface area contributed by atoms with Gasteiger partial charge < -0.3 is 4.74 Å². The second kappa shape index (κ2) is 7.99. The Morgan fingerprint density at radius 1 is 1.05 bits per heavy atom. The summed E-state index contributed by atoms with van der Waals surface area (Å²) in [6, 6.07) is 18.6. The predicted octanol–water partition coefficient (Wildman–Crippen LogP) is 4.15. The Bertz CT molecular complexity index is 581. The van der Waals surface area contributed by atoms with Crippen molar-refractivity contribution >= 4 is 21.9 Å². The standard InChI is InChI=1S/C18H19BrO2/c1-2-21-18(20)17(19)13-16-11-7-6-10-15(16)12-14-8-4-3-5-9-14/h3-11,17H,2,12-13H2,1H3. The van der Waals surface area contributed by atoms with Gasteiger partial charge in [0.25, 0.3) is 0 Å². The first-order valence-corrected chi connectivity index (χ1v) is 8.03. The van der Waals surface area contributed by atoms with Crippen LogP contribution in [0.25, 0.3) is 0 Å². The number of carbonyl (C=O) groups excluding carboxylic acids is 1. The van der Waals surface area contributed by atoms with Crippen LogP contribution < -0.4 is 0 Å². The Hall–Kier alpha value is -1.61. The molecule has 21 heavy (non-hydrogen) atoms. The number of ether oxygens (including phenoxy) is 1. The van der Waals surface area contributed by atoms with E-state index in [2.05, 4.69) is 40.2 Å². The van der Waals surface area contributed by atoms with Gasteiger partial charge in [0.1, 0.15) is 4.83 Å². The van der Waals surface area contributed by atoms with E-state index >= 15 is 0 Å². The molecule has 0 fully saturated rings. The highest BCUT2D eigenvalue weighted by atomic mass is 79.9. The largest absolute Gasteiger partial charge is 0.465 e. The lowest BCUT2D eigenvalue weighted by molar-refractivity contribution is -0.142. The number of alkyl halides is 1. The summed E-state index contributed by atoms with van der Waals surface area (Å²) in [5, 5.41) is 0. The first-order valence-electron chi connectivity index (χ1n) is 7.12. The van der Waals surface area contributed by atoms with Crippen molar-refractivity contribution in [2.75, 3.05) is 6.61 Å². The third-order valence-corrected chi connectivity index (χ3v) is 3.99. The van der Waals surface area contributed by atoms with Crippen LogP contribution in [0.2, 0.25) is 0 Å². The van der Waals surface area contributed by atoms with Gasteiger partial charge in [-0.15, -0.1) is 0 Å². The number of halogens is 1. The average molecular weight is 347 g/mol. The molecule has 0 amide bonds. The minimum absolute atomic E-state index is 0.202. The van der Waals surface area contributed by atoms with Crippen LogP contribution in [0.5, 0.6) is 0 Å². The molecule has 0 bridgehead atoms. The number of hydrogen-bond donors (Lipinski definition) is 0. The van der Waals surface area contributed by atoms with Crippen LogP contribution >= 0.6 is 15.9 Å². The molecule has 3 heteroatoms. The summed E-state index contributed by atoms with van der Waals surface area (Å²) in [5.74, 6) is -0.202. The summed E-state index contributed by atoms with van der Waals surface area (Å²) >= 11 is 3.43. The fourth-order valence-electron chi connectivity index (χ4n) is 2.25. The van der Waals surface area contributed by atoms with Crippen molar-refractivity contribution in [1.29, 1.82) is 0 Å². The van der Waals surface area contributed by atoms with Crippen LogP contribution in [0.1, 0.15) is 23.6 Å². The second-order valence-corrected chi connectivity index (χ2v) is 5.96. The Labute approximate surface area is 134 Å². The lowest BCUT2D eigenvalue weighted by Gasteiger charge is -2.13. The Morgan fingerprint density at radius 3 is 2.33 bits per heavy atom. The highest BCUT2D eigenvalue weighted by molar-refractivity contribution is 9.10. The van der Waals surface area contributed by atoms with Gasteiger partial charge in [0.2, 0.25) is 0 Å². The van der Waals surface area contributed by atoms with Crippen molar-refractivity contribution in [3.8, 4) is 0 Å². The summed E-state index contributed by atoms with van der Waals surface area (Å²) in [7, 11) is 0. The molecule has 0 aromatic heterocycles. The smallest absolute Gasteiger partial charge is 0.320 e.